The monoisotopic (exact) mass is 177 g/mol. The van der Waals surface area contributed by atoms with Crippen molar-refractivity contribution in [3.8, 4) is 6.07 Å². The van der Waals surface area contributed by atoms with E-state index in [0.717, 1.165) is 24.2 Å². The van der Waals surface area contributed by atoms with Crippen molar-refractivity contribution in [3.05, 3.63) is 0 Å². The van der Waals surface area contributed by atoms with Crippen molar-refractivity contribution < 1.29 is 0 Å². The van der Waals surface area contributed by atoms with Crippen LogP contribution in [0, 0.1) is 34.5 Å². The van der Waals surface area contributed by atoms with Crippen LogP contribution in [0.3, 0.4) is 0 Å². The van der Waals surface area contributed by atoms with E-state index < -0.39 is 0 Å². The fourth-order valence-corrected chi connectivity index (χ4v) is 3.33. The van der Waals surface area contributed by atoms with Gasteiger partial charge in [-0.25, -0.2) is 0 Å². The molecule has 72 valence electrons. The largest absolute Gasteiger partial charge is 0.198 e. The molecule has 0 saturated heterocycles. The van der Waals surface area contributed by atoms with Crippen LogP contribution in [0.5, 0.6) is 0 Å². The van der Waals surface area contributed by atoms with E-state index in [2.05, 4.69) is 19.9 Å². The molecule has 2 saturated carbocycles. The molecule has 0 aliphatic heterocycles. The van der Waals surface area contributed by atoms with Gasteiger partial charge in [-0.1, -0.05) is 6.42 Å². The van der Waals surface area contributed by atoms with Crippen LogP contribution in [0.15, 0.2) is 0 Å². The molecular formula is C12H19N. The number of rotatable bonds is 2. The third-order valence-electron chi connectivity index (χ3n) is 3.96. The minimum atomic E-state index is -0.0881. The molecule has 0 N–H and O–H groups in total. The highest BCUT2D eigenvalue weighted by molar-refractivity contribution is 4.98. The zero-order valence-corrected chi connectivity index (χ0v) is 8.71. The van der Waals surface area contributed by atoms with Gasteiger partial charge in [-0.2, -0.15) is 5.26 Å². The van der Waals surface area contributed by atoms with Crippen molar-refractivity contribution in [2.45, 2.75) is 46.0 Å². The summed E-state index contributed by atoms with van der Waals surface area (Å²) in [4.78, 5) is 0. The quantitative estimate of drug-likeness (QED) is 0.634. The SMILES string of the molecule is CC(C)(C#N)CC1CC2CCC1C2. The molecule has 0 amide bonds. The summed E-state index contributed by atoms with van der Waals surface area (Å²) >= 11 is 0. The van der Waals surface area contributed by atoms with E-state index >= 15 is 0 Å². The Morgan fingerprint density at radius 1 is 1.31 bits per heavy atom. The normalized spacial score (nSPS) is 37.8. The van der Waals surface area contributed by atoms with Crippen LogP contribution in [0.4, 0.5) is 0 Å². The van der Waals surface area contributed by atoms with E-state index in [1.807, 2.05) is 0 Å². The lowest BCUT2D eigenvalue weighted by Crippen LogP contribution is -2.19. The van der Waals surface area contributed by atoms with Gasteiger partial charge in [-0.15, -0.1) is 0 Å². The van der Waals surface area contributed by atoms with Crippen LogP contribution in [0.2, 0.25) is 0 Å². The highest BCUT2D eigenvalue weighted by Crippen LogP contribution is 2.51. The number of nitriles is 1. The lowest BCUT2D eigenvalue weighted by atomic mass is 9.77. The van der Waals surface area contributed by atoms with Gasteiger partial charge in [0.1, 0.15) is 0 Å². The molecule has 2 rings (SSSR count). The maximum Gasteiger partial charge on any atom is 0.0684 e. The van der Waals surface area contributed by atoms with Gasteiger partial charge >= 0.3 is 0 Å². The van der Waals surface area contributed by atoms with Gasteiger partial charge in [0, 0.05) is 0 Å². The topological polar surface area (TPSA) is 23.8 Å². The first-order chi connectivity index (χ1) is 6.11. The first kappa shape index (κ1) is 9.06. The predicted molar refractivity (Wildman–Crippen MR) is 52.9 cm³/mol. The standard InChI is InChI=1S/C12H19N/c1-12(2,8-13)7-11-6-9-3-4-10(11)5-9/h9-11H,3-7H2,1-2H3. The summed E-state index contributed by atoms with van der Waals surface area (Å²) in [6, 6.07) is 2.43. The highest BCUT2D eigenvalue weighted by atomic mass is 14.5. The number of hydrogen-bond donors (Lipinski definition) is 0. The maximum absolute atomic E-state index is 8.97. The minimum absolute atomic E-state index is 0.0881. The van der Waals surface area contributed by atoms with Crippen LogP contribution in [-0.4, -0.2) is 0 Å². The van der Waals surface area contributed by atoms with Gasteiger partial charge in [-0.3, -0.25) is 0 Å². The maximum atomic E-state index is 8.97. The lowest BCUT2D eigenvalue weighted by molar-refractivity contribution is 0.249. The van der Waals surface area contributed by atoms with Gasteiger partial charge < -0.3 is 0 Å². The van der Waals surface area contributed by atoms with E-state index in [9.17, 15) is 0 Å². The fraction of sp³-hybridized carbons (Fsp3) is 0.917. The first-order valence-electron chi connectivity index (χ1n) is 5.52. The Hall–Kier alpha value is -0.510. The molecule has 2 fully saturated rings. The van der Waals surface area contributed by atoms with Crippen molar-refractivity contribution in [3.63, 3.8) is 0 Å². The Morgan fingerprint density at radius 3 is 2.54 bits per heavy atom. The van der Waals surface area contributed by atoms with E-state index in [-0.39, 0.29) is 5.41 Å². The van der Waals surface area contributed by atoms with E-state index in [1.165, 1.54) is 25.7 Å². The summed E-state index contributed by atoms with van der Waals surface area (Å²) in [7, 11) is 0. The Bertz CT molecular complexity index is 236. The zero-order chi connectivity index (χ0) is 9.47. The molecule has 0 aromatic carbocycles. The molecule has 2 aliphatic carbocycles. The molecule has 2 aliphatic rings. The molecule has 1 nitrogen and oxygen atoms in total. The highest BCUT2D eigenvalue weighted by Gasteiger charge is 2.41. The van der Waals surface area contributed by atoms with Crippen LogP contribution in [0.25, 0.3) is 0 Å². The zero-order valence-electron chi connectivity index (χ0n) is 8.71. The average Bonchev–Trinajstić information content (AvgIpc) is 2.64. The van der Waals surface area contributed by atoms with Gasteiger partial charge in [0.15, 0.2) is 0 Å². The van der Waals surface area contributed by atoms with Crippen LogP contribution in [0.1, 0.15) is 46.0 Å². The third kappa shape index (κ3) is 1.73. The molecule has 3 atom stereocenters. The average molecular weight is 177 g/mol. The summed E-state index contributed by atoms with van der Waals surface area (Å²) in [6.45, 7) is 4.16. The first-order valence-corrected chi connectivity index (χ1v) is 5.52. The number of hydrogen-bond acceptors (Lipinski definition) is 1. The number of fused-ring (bicyclic) bond motifs is 2. The minimum Gasteiger partial charge on any atom is -0.198 e. The summed E-state index contributed by atoms with van der Waals surface area (Å²) < 4.78 is 0. The van der Waals surface area contributed by atoms with Crippen molar-refractivity contribution >= 4 is 0 Å². The molecule has 0 radical (unpaired) electrons. The van der Waals surface area contributed by atoms with Gasteiger partial charge in [-0.05, 0) is 57.3 Å². The Balaban J connectivity index is 1.94. The Kier molecular flexibility index (Phi) is 2.10. The number of nitrogens with zero attached hydrogens (tertiary/aromatic N) is 1. The fourth-order valence-electron chi connectivity index (χ4n) is 3.33. The van der Waals surface area contributed by atoms with E-state index in [1.54, 1.807) is 0 Å². The third-order valence-corrected chi connectivity index (χ3v) is 3.96. The molecule has 2 bridgehead atoms. The second kappa shape index (κ2) is 3.01. The second-order valence-corrected chi connectivity index (χ2v) is 5.63. The van der Waals surface area contributed by atoms with Crippen molar-refractivity contribution in [1.29, 1.82) is 5.26 Å². The van der Waals surface area contributed by atoms with Gasteiger partial charge in [0.05, 0.1) is 11.5 Å². The van der Waals surface area contributed by atoms with Crippen LogP contribution >= 0.6 is 0 Å². The molecule has 0 spiro atoms. The Labute approximate surface area is 81.1 Å². The molecule has 0 aromatic heterocycles. The van der Waals surface area contributed by atoms with Crippen molar-refractivity contribution in [2.24, 2.45) is 23.2 Å². The summed E-state index contributed by atoms with van der Waals surface area (Å²) in [5, 5.41) is 8.97. The summed E-state index contributed by atoms with van der Waals surface area (Å²) in [5.41, 5.74) is -0.0881. The van der Waals surface area contributed by atoms with Gasteiger partial charge in [0.2, 0.25) is 0 Å². The lowest BCUT2D eigenvalue weighted by Gasteiger charge is -2.27. The molecule has 0 aromatic rings. The van der Waals surface area contributed by atoms with Crippen molar-refractivity contribution in [1.82, 2.24) is 0 Å². The summed E-state index contributed by atoms with van der Waals surface area (Å²) in [5.74, 6) is 2.86. The van der Waals surface area contributed by atoms with E-state index in [4.69, 9.17) is 5.26 Å². The smallest absolute Gasteiger partial charge is 0.0684 e. The summed E-state index contributed by atoms with van der Waals surface area (Å²) in [6.07, 6.45) is 6.91. The molecule has 1 heteroatoms. The molecule has 0 heterocycles. The van der Waals surface area contributed by atoms with Crippen LogP contribution < -0.4 is 0 Å². The molecule has 3 unspecified atom stereocenters. The molecular weight excluding hydrogens is 158 g/mol. The predicted octanol–water partition coefficient (Wildman–Crippen LogP) is 3.36. The van der Waals surface area contributed by atoms with E-state index in [0.29, 0.717) is 0 Å². The molecule has 13 heavy (non-hydrogen) atoms. The Morgan fingerprint density at radius 2 is 2.08 bits per heavy atom. The van der Waals surface area contributed by atoms with Gasteiger partial charge in [0.25, 0.3) is 0 Å². The van der Waals surface area contributed by atoms with Crippen LogP contribution in [-0.2, 0) is 0 Å². The second-order valence-electron chi connectivity index (χ2n) is 5.63. The van der Waals surface area contributed by atoms with Crippen molar-refractivity contribution in [2.75, 3.05) is 0 Å².